The number of carbonyl (C=O) groups excluding carboxylic acids is 2. The quantitative estimate of drug-likeness (QED) is 0.650. The molecule has 3 heterocycles. The largest absolute Gasteiger partial charge is 0.503 e. The highest BCUT2D eigenvalue weighted by Gasteiger charge is 2.44. The van der Waals surface area contributed by atoms with Gasteiger partial charge in [0, 0.05) is 18.9 Å². The summed E-state index contributed by atoms with van der Waals surface area (Å²) in [5.74, 6) is -1.41. The van der Waals surface area contributed by atoms with Crippen LogP contribution in [0.5, 0.6) is 0 Å². The molecule has 1 aliphatic heterocycles. The number of ketones is 1. The van der Waals surface area contributed by atoms with E-state index < -0.39 is 17.7 Å². The molecule has 1 N–H and O–H groups in total. The zero-order valence-electron chi connectivity index (χ0n) is 16.0. The number of rotatable bonds is 5. The van der Waals surface area contributed by atoms with Crippen molar-refractivity contribution in [1.82, 2.24) is 14.9 Å². The third kappa shape index (κ3) is 3.45. The fraction of sp³-hybridized carbons (Fsp3) is 0.182. The Morgan fingerprint density at radius 1 is 1.14 bits per heavy atom. The van der Waals surface area contributed by atoms with E-state index in [1.165, 1.54) is 16.2 Å². The number of pyridine rings is 1. The number of hydrogen-bond donors (Lipinski definition) is 1. The molecule has 0 bridgehead atoms. The van der Waals surface area contributed by atoms with Crippen molar-refractivity contribution in [3.05, 3.63) is 92.9 Å². The molecule has 0 saturated heterocycles. The van der Waals surface area contributed by atoms with E-state index in [1.54, 1.807) is 19.3 Å². The summed E-state index contributed by atoms with van der Waals surface area (Å²) in [6, 6.07) is 12.2. The number of benzene rings is 1. The molecule has 1 aliphatic rings. The molecule has 2 aromatic heterocycles. The van der Waals surface area contributed by atoms with Crippen LogP contribution in [0.1, 0.15) is 37.5 Å². The van der Waals surface area contributed by atoms with Gasteiger partial charge >= 0.3 is 0 Å². The highest BCUT2D eigenvalue weighted by atomic mass is 32.1. The molecule has 0 aliphatic carbocycles. The average molecular weight is 405 g/mol. The van der Waals surface area contributed by atoms with E-state index in [1.807, 2.05) is 49.4 Å². The molecule has 146 valence electrons. The molecule has 1 atom stereocenters. The van der Waals surface area contributed by atoms with Crippen LogP contribution in [0.15, 0.2) is 66.2 Å². The maximum atomic E-state index is 13.4. The van der Waals surface area contributed by atoms with Crippen molar-refractivity contribution in [3.63, 3.8) is 0 Å². The second-order valence-corrected chi connectivity index (χ2v) is 8.04. The smallest absolute Gasteiger partial charge is 0.290 e. The van der Waals surface area contributed by atoms with E-state index in [4.69, 9.17) is 0 Å². The predicted molar refractivity (Wildman–Crippen MR) is 110 cm³/mol. The van der Waals surface area contributed by atoms with Gasteiger partial charge in [0.15, 0.2) is 5.76 Å². The monoisotopic (exact) mass is 405 g/mol. The number of aryl methyl sites for hydroxylation is 2. The maximum absolute atomic E-state index is 13.4. The van der Waals surface area contributed by atoms with E-state index in [9.17, 15) is 14.7 Å². The van der Waals surface area contributed by atoms with Gasteiger partial charge in [0.1, 0.15) is 0 Å². The van der Waals surface area contributed by atoms with Gasteiger partial charge in [-0.25, -0.2) is 4.98 Å². The van der Waals surface area contributed by atoms with Crippen LogP contribution in [-0.4, -0.2) is 31.7 Å². The Balaban J connectivity index is 1.81. The van der Waals surface area contributed by atoms with Gasteiger partial charge in [-0.2, -0.15) is 0 Å². The summed E-state index contributed by atoms with van der Waals surface area (Å²) in [5, 5.41) is 11.5. The van der Waals surface area contributed by atoms with Crippen LogP contribution in [0.2, 0.25) is 0 Å². The van der Waals surface area contributed by atoms with Crippen molar-refractivity contribution < 1.29 is 14.7 Å². The zero-order valence-corrected chi connectivity index (χ0v) is 16.8. The number of amides is 1. The van der Waals surface area contributed by atoms with Gasteiger partial charge in [-0.1, -0.05) is 30.3 Å². The standard InChI is InChI=1S/C22H19N3O3S/c1-13-21(29-14(2)24-13)19(26)17-18(16-6-4-3-5-7-16)25(22(28)20(17)27)12-15-8-10-23-11-9-15/h3-11,18,27H,12H2,1-2H3. The molecule has 1 amide bonds. The highest BCUT2D eigenvalue weighted by Crippen LogP contribution is 2.40. The van der Waals surface area contributed by atoms with E-state index in [-0.39, 0.29) is 17.9 Å². The lowest BCUT2D eigenvalue weighted by atomic mass is 9.95. The second kappa shape index (κ2) is 7.60. The number of aliphatic hydroxyl groups is 1. The van der Waals surface area contributed by atoms with Crippen molar-refractivity contribution in [2.45, 2.75) is 26.4 Å². The lowest BCUT2D eigenvalue weighted by Gasteiger charge is -2.26. The minimum absolute atomic E-state index is 0.0991. The topological polar surface area (TPSA) is 83.4 Å². The van der Waals surface area contributed by atoms with Crippen LogP contribution in [0.4, 0.5) is 0 Å². The molecule has 4 rings (SSSR count). The Labute approximate surface area is 172 Å². The molecule has 1 unspecified atom stereocenters. The van der Waals surface area contributed by atoms with E-state index in [0.29, 0.717) is 10.6 Å². The fourth-order valence-electron chi connectivity index (χ4n) is 3.58. The van der Waals surface area contributed by atoms with Crippen LogP contribution in [0, 0.1) is 13.8 Å². The van der Waals surface area contributed by atoms with Gasteiger partial charge in [-0.15, -0.1) is 11.3 Å². The first-order chi connectivity index (χ1) is 14.0. The Morgan fingerprint density at radius 2 is 1.83 bits per heavy atom. The molecular weight excluding hydrogens is 386 g/mol. The van der Waals surface area contributed by atoms with Crippen LogP contribution < -0.4 is 0 Å². The van der Waals surface area contributed by atoms with Gasteiger partial charge in [0.2, 0.25) is 5.78 Å². The molecule has 0 fully saturated rings. The van der Waals surface area contributed by atoms with Gasteiger partial charge in [-0.05, 0) is 37.1 Å². The molecule has 1 aromatic carbocycles. The summed E-state index contributed by atoms with van der Waals surface area (Å²) < 4.78 is 0. The molecule has 6 nitrogen and oxygen atoms in total. The van der Waals surface area contributed by atoms with Gasteiger partial charge < -0.3 is 10.0 Å². The first-order valence-corrected chi connectivity index (χ1v) is 9.95. The Bertz CT molecular complexity index is 1110. The van der Waals surface area contributed by atoms with Crippen molar-refractivity contribution in [1.29, 1.82) is 0 Å². The lowest BCUT2D eigenvalue weighted by Crippen LogP contribution is -2.30. The first-order valence-electron chi connectivity index (χ1n) is 9.14. The number of nitrogens with zero attached hydrogens (tertiary/aromatic N) is 3. The van der Waals surface area contributed by atoms with Crippen molar-refractivity contribution in [3.8, 4) is 0 Å². The fourth-order valence-corrected chi connectivity index (χ4v) is 4.45. The number of aromatic nitrogens is 2. The summed E-state index contributed by atoms with van der Waals surface area (Å²) in [6.07, 6.45) is 3.30. The van der Waals surface area contributed by atoms with Crippen LogP contribution in [0.25, 0.3) is 0 Å². The number of carbonyl (C=O) groups is 2. The van der Waals surface area contributed by atoms with Crippen molar-refractivity contribution in [2.24, 2.45) is 0 Å². The predicted octanol–water partition coefficient (Wildman–Crippen LogP) is 3.93. The van der Waals surface area contributed by atoms with Crippen LogP contribution in [0.3, 0.4) is 0 Å². The van der Waals surface area contributed by atoms with Crippen molar-refractivity contribution >= 4 is 23.0 Å². The average Bonchev–Trinajstić information content (AvgIpc) is 3.19. The van der Waals surface area contributed by atoms with Crippen LogP contribution in [-0.2, 0) is 11.3 Å². The minimum Gasteiger partial charge on any atom is -0.503 e. The minimum atomic E-state index is -0.675. The highest BCUT2D eigenvalue weighted by molar-refractivity contribution is 7.14. The Hall–Kier alpha value is -3.32. The Kier molecular flexibility index (Phi) is 4.98. The summed E-state index contributed by atoms with van der Waals surface area (Å²) >= 11 is 1.27. The lowest BCUT2D eigenvalue weighted by molar-refractivity contribution is -0.130. The van der Waals surface area contributed by atoms with Crippen molar-refractivity contribution in [2.75, 3.05) is 0 Å². The normalized spacial score (nSPS) is 16.6. The third-order valence-corrected chi connectivity index (χ3v) is 5.95. The number of aliphatic hydroxyl groups excluding tert-OH is 1. The zero-order chi connectivity index (χ0) is 20.5. The maximum Gasteiger partial charge on any atom is 0.290 e. The van der Waals surface area contributed by atoms with Gasteiger partial charge in [-0.3, -0.25) is 14.6 Å². The van der Waals surface area contributed by atoms with Crippen LogP contribution >= 0.6 is 11.3 Å². The summed E-state index contributed by atoms with van der Waals surface area (Å²) in [4.78, 5) is 36.6. The molecule has 29 heavy (non-hydrogen) atoms. The first kappa shape index (κ1) is 19.0. The number of Topliss-reactive ketones (excluding diaryl/α,β-unsaturated/α-hetero) is 1. The van der Waals surface area contributed by atoms with Gasteiger partial charge in [0.05, 0.1) is 27.2 Å². The molecule has 0 radical (unpaired) electrons. The number of hydrogen-bond acceptors (Lipinski definition) is 6. The molecule has 3 aromatic rings. The molecule has 7 heteroatoms. The SMILES string of the molecule is Cc1nc(C)c(C(=O)C2=C(O)C(=O)N(Cc3ccncc3)C2c2ccccc2)s1. The molecular formula is C22H19N3O3S. The summed E-state index contributed by atoms with van der Waals surface area (Å²) in [7, 11) is 0. The van der Waals surface area contributed by atoms with Gasteiger partial charge in [0.25, 0.3) is 5.91 Å². The number of thiazole rings is 1. The second-order valence-electron chi connectivity index (χ2n) is 6.84. The molecule has 0 saturated carbocycles. The summed E-state index contributed by atoms with van der Waals surface area (Å²) in [5.41, 5.74) is 2.33. The van der Waals surface area contributed by atoms with E-state index >= 15 is 0 Å². The third-order valence-electron chi connectivity index (χ3n) is 4.88. The molecule has 0 spiro atoms. The van der Waals surface area contributed by atoms with E-state index in [2.05, 4.69) is 9.97 Å². The summed E-state index contributed by atoms with van der Waals surface area (Å²) in [6.45, 7) is 3.84. The Morgan fingerprint density at radius 3 is 2.45 bits per heavy atom. The van der Waals surface area contributed by atoms with E-state index in [0.717, 1.165) is 16.1 Å².